The molecular weight excluding hydrogens is 208 g/mol. The first-order chi connectivity index (χ1) is 6.99. The molecule has 0 radical (unpaired) electrons. The second-order valence-electron chi connectivity index (χ2n) is 2.92. The minimum absolute atomic E-state index is 0.504. The zero-order chi connectivity index (χ0) is 11.6. The quantitative estimate of drug-likeness (QED) is 0.710. The first-order valence-electron chi connectivity index (χ1n) is 4.05. The lowest BCUT2D eigenvalue weighted by atomic mass is 10.0. The van der Waals surface area contributed by atoms with Gasteiger partial charge in [-0.1, -0.05) is 0 Å². The number of phenols is 1. The van der Waals surface area contributed by atoms with Crippen LogP contribution in [0.3, 0.4) is 0 Å². The first-order valence-corrected chi connectivity index (χ1v) is 4.05. The molecule has 1 aromatic carbocycles. The molecule has 0 fully saturated rings. The molecule has 0 aliphatic rings. The third-order valence-electron chi connectivity index (χ3n) is 1.93. The van der Waals surface area contributed by atoms with Crippen LogP contribution in [0.5, 0.6) is 5.75 Å². The van der Waals surface area contributed by atoms with Crippen molar-refractivity contribution < 1.29 is 23.8 Å². The minimum Gasteiger partial charge on any atom is -0.507 e. The van der Waals surface area contributed by atoms with E-state index in [-0.39, 0.29) is 0 Å². The predicted octanol–water partition coefficient (Wildman–Crippen LogP) is 1.20. The Kier molecular flexibility index (Phi) is 3.21. The molecule has 0 bridgehead atoms. The van der Waals surface area contributed by atoms with E-state index in [2.05, 4.69) is 0 Å². The molecule has 0 spiro atoms. The van der Waals surface area contributed by atoms with Gasteiger partial charge in [0.05, 0.1) is 6.04 Å². The van der Waals surface area contributed by atoms with E-state index in [9.17, 15) is 18.7 Å². The highest BCUT2D eigenvalue weighted by Crippen LogP contribution is 2.29. The number of halogens is 2. The van der Waals surface area contributed by atoms with Crippen LogP contribution in [-0.2, 0) is 0 Å². The van der Waals surface area contributed by atoms with Crippen molar-refractivity contribution in [1.29, 1.82) is 0 Å². The van der Waals surface area contributed by atoms with Crippen molar-refractivity contribution in [1.82, 2.24) is 0 Å². The number of carbonyl (C=O) groups is 1. The maximum absolute atomic E-state index is 13.1. The van der Waals surface area contributed by atoms with Gasteiger partial charge in [-0.2, -0.15) is 0 Å². The van der Waals surface area contributed by atoms with Crippen LogP contribution < -0.4 is 5.73 Å². The van der Waals surface area contributed by atoms with Crippen molar-refractivity contribution in [2.45, 2.75) is 6.04 Å². The summed E-state index contributed by atoms with van der Waals surface area (Å²) in [5.41, 5.74) is 4.18. The average Bonchev–Trinajstić information content (AvgIpc) is 2.16. The molecule has 1 atom stereocenters. The molecule has 0 unspecified atom stereocenters. The Morgan fingerprint density at radius 2 is 2.13 bits per heavy atom. The van der Waals surface area contributed by atoms with Crippen molar-refractivity contribution >= 4 is 5.97 Å². The van der Waals surface area contributed by atoms with E-state index in [4.69, 9.17) is 10.8 Å². The van der Waals surface area contributed by atoms with E-state index in [0.717, 1.165) is 12.1 Å². The Hall–Kier alpha value is -1.69. The monoisotopic (exact) mass is 217 g/mol. The number of rotatable bonds is 3. The van der Waals surface area contributed by atoms with Crippen molar-refractivity contribution in [2.24, 2.45) is 5.73 Å². The Bertz CT molecular complexity index is 395. The van der Waals surface area contributed by atoms with Crippen molar-refractivity contribution in [3.8, 4) is 5.75 Å². The molecule has 0 amide bonds. The first kappa shape index (κ1) is 11.4. The topological polar surface area (TPSA) is 83.6 Å². The summed E-state index contributed by atoms with van der Waals surface area (Å²) in [6.45, 7) is -1.09. The van der Waals surface area contributed by atoms with Gasteiger partial charge < -0.3 is 15.9 Å². The van der Waals surface area contributed by atoms with Crippen molar-refractivity contribution in [2.75, 3.05) is 6.67 Å². The van der Waals surface area contributed by atoms with Crippen molar-refractivity contribution in [3.63, 3.8) is 0 Å². The number of alkyl halides is 1. The predicted molar refractivity (Wildman–Crippen MR) is 47.9 cm³/mol. The van der Waals surface area contributed by atoms with E-state index in [0.29, 0.717) is 0 Å². The van der Waals surface area contributed by atoms with Gasteiger partial charge in [-0.05, 0) is 12.1 Å². The number of hydrogen-bond acceptors (Lipinski definition) is 3. The number of hydrogen-bond donors (Lipinski definition) is 3. The number of carboxylic acid groups (broad SMARTS) is 1. The largest absolute Gasteiger partial charge is 0.507 e. The maximum atomic E-state index is 13.1. The van der Waals surface area contributed by atoms with Crippen LogP contribution in [0.25, 0.3) is 0 Å². The van der Waals surface area contributed by atoms with Gasteiger partial charge in [0.15, 0.2) is 0 Å². The van der Waals surface area contributed by atoms with E-state index in [1.807, 2.05) is 0 Å². The second kappa shape index (κ2) is 4.22. The van der Waals surface area contributed by atoms with Crippen LogP contribution in [0.1, 0.15) is 22.0 Å². The molecule has 0 aliphatic carbocycles. The van der Waals surface area contributed by atoms with Crippen LogP contribution in [0.15, 0.2) is 12.1 Å². The lowest BCUT2D eigenvalue weighted by molar-refractivity contribution is 0.0693. The molecule has 0 saturated carbocycles. The van der Waals surface area contributed by atoms with Gasteiger partial charge in [-0.15, -0.1) is 0 Å². The molecule has 0 saturated heterocycles. The maximum Gasteiger partial charge on any atom is 0.339 e. The summed E-state index contributed by atoms with van der Waals surface area (Å²) in [6.07, 6.45) is 0. The zero-order valence-electron chi connectivity index (χ0n) is 7.58. The number of aromatic carboxylic acids is 1. The fourth-order valence-electron chi connectivity index (χ4n) is 1.19. The highest BCUT2D eigenvalue weighted by Gasteiger charge is 2.21. The van der Waals surface area contributed by atoms with Crippen LogP contribution in [0.4, 0.5) is 8.78 Å². The number of benzene rings is 1. The molecule has 1 rings (SSSR count). The summed E-state index contributed by atoms with van der Waals surface area (Å²) < 4.78 is 25.3. The van der Waals surface area contributed by atoms with Gasteiger partial charge in [-0.3, -0.25) is 0 Å². The fraction of sp³-hybridized carbons (Fsp3) is 0.222. The Morgan fingerprint density at radius 1 is 1.53 bits per heavy atom. The van der Waals surface area contributed by atoms with Crippen LogP contribution >= 0.6 is 0 Å². The van der Waals surface area contributed by atoms with Gasteiger partial charge in [0.25, 0.3) is 0 Å². The van der Waals surface area contributed by atoms with Crippen LogP contribution in [-0.4, -0.2) is 22.9 Å². The fourth-order valence-corrected chi connectivity index (χ4v) is 1.19. The molecular formula is C9H9F2NO3. The molecule has 15 heavy (non-hydrogen) atoms. The average molecular weight is 217 g/mol. The summed E-state index contributed by atoms with van der Waals surface area (Å²) in [5.74, 6) is -3.19. The molecule has 6 heteroatoms. The summed E-state index contributed by atoms with van der Waals surface area (Å²) in [7, 11) is 0. The lowest BCUT2D eigenvalue weighted by Crippen LogP contribution is -2.15. The third kappa shape index (κ3) is 2.04. The van der Waals surface area contributed by atoms with Gasteiger partial charge >= 0.3 is 5.97 Å². The Morgan fingerprint density at radius 3 is 2.60 bits per heavy atom. The number of aromatic hydroxyl groups is 1. The van der Waals surface area contributed by atoms with Gasteiger partial charge in [-0.25, -0.2) is 13.6 Å². The molecule has 4 nitrogen and oxygen atoms in total. The van der Waals surface area contributed by atoms with E-state index in [1.165, 1.54) is 0 Å². The molecule has 1 aromatic rings. The number of carboxylic acids is 1. The normalized spacial score (nSPS) is 12.5. The molecule has 4 N–H and O–H groups in total. The van der Waals surface area contributed by atoms with Crippen molar-refractivity contribution in [3.05, 3.63) is 29.1 Å². The molecule has 0 aromatic heterocycles. The van der Waals surface area contributed by atoms with E-state index in [1.54, 1.807) is 0 Å². The molecule has 0 heterocycles. The smallest absolute Gasteiger partial charge is 0.339 e. The summed E-state index contributed by atoms with van der Waals surface area (Å²) in [6, 6.07) is 0.347. The lowest BCUT2D eigenvalue weighted by Gasteiger charge is -2.12. The van der Waals surface area contributed by atoms with Crippen LogP contribution in [0.2, 0.25) is 0 Å². The Balaban J connectivity index is 3.36. The standard InChI is InChI=1S/C9H9F2NO3/c10-3-6(12)7-5(11)2-1-4(8(7)13)9(14)15/h1-2,6,13H,3,12H2,(H,14,15)/t6-/m0/s1. The SMILES string of the molecule is N[C@@H](CF)c1c(F)ccc(C(=O)O)c1O. The zero-order valence-corrected chi connectivity index (χ0v) is 7.58. The van der Waals surface area contributed by atoms with Gasteiger partial charge in [0, 0.05) is 5.56 Å². The molecule has 82 valence electrons. The van der Waals surface area contributed by atoms with Gasteiger partial charge in [0.2, 0.25) is 0 Å². The second-order valence-corrected chi connectivity index (χ2v) is 2.92. The Labute approximate surface area is 83.9 Å². The highest BCUT2D eigenvalue weighted by molar-refractivity contribution is 5.91. The van der Waals surface area contributed by atoms with Crippen LogP contribution in [0, 0.1) is 5.82 Å². The number of nitrogens with two attached hydrogens (primary N) is 1. The van der Waals surface area contributed by atoms with E-state index < -0.39 is 41.4 Å². The molecule has 0 aliphatic heterocycles. The van der Waals surface area contributed by atoms with E-state index >= 15 is 0 Å². The minimum atomic E-state index is -1.43. The van der Waals surface area contributed by atoms with Gasteiger partial charge in [0.1, 0.15) is 23.8 Å². The summed E-state index contributed by atoms with van der Waals surface area (Å²) in [5, 5.41) is 18.0. The summed E-state index contributed by atoms with van der Waals surface area (Å²) in [4.78, 5) is 10.6. The summed E-state index contributed by atoms with van der Waals surface area (Å²) >= 11 is 0. The highest BCUT2D eigenvalue weighted by atomic mass is 19.1. The third-order valence-corrected chi connectivity index (χ3v) is 1.93.